The Bertz CT molecular complexity index is 721. The second kappa shape index (κ2) is 8.66. The van der Waals surface area contributed by atoms with Gasteiger partial charge in [0.15, 0.2) is 6.10 Å². The largest absolute Gasteiger partial charge is 0.453 e. The smallest absolute Gasteiger partial charge is 0.324 e. The zero-order valence-electron chi connectivity index (χ0n) is 14.5. The summed E-state index contributed by atoms with van der Waals surface area (Å²) in [6.45, 7) is 3.33. The molecule has 1 aromatic carbocycles. The minimum atomic E-state index is -0.988. The van der Waals surface area contributed by atoms with Crippen molar-refractivity contribution >= 4 is 41.1 Å². The van der Waals surface area contributed by atoms with Gasteiger partial charge in [-0.1, -0.05) is 17.7 Å². The highest BCUT2D eigenvalue weighted by atomic mass is 35.5. The molecule has 0 unspecified atom stereocenters. The van der Waals surface area contributed by atoms with E-state index in [1.165, 1.54) is 6.92 Å². The van der Waals surface area contributed by atoms with Crippen LogP contribution in [-0.4, -0.2) is 47.9 Å². The molecule has 1 aliphatic rings. The third-order valence-corrected chi connectivity index (χ3v) is 4.31. The summed E-state index contributed by atoms with van der Waals surface area (Å²) in [6, 6.07) is 4.65. The number of urea groups is 1. The second-order valence-corrected chi connectivity index (χ2v) is 6.25. The van der Waals surface area contributed by atoms with E-state index in [4.69, 9.17) is 16.3 Å². The minimum Gasteiger partial charge on any atom is -0.453 e. The summed E-state index contributed by atoms with van der Waals surface area (Å²) < 4.78 is 5.08. The summed E-state index contributed by atoms with van der Waals surface area (Å²) in [7, 11) is 0. The topological polar surface area (TPSA) is 105 Å². The van der Waals surface area contributed by atoms with E-state index in [2.05, 4.69) is 10.6 Å². The lowest BCUT2D eigenvalue weighted by molar-refractivity contribution is -0.153. The average molecular weight is 382 g/mol. The van der Waals surface area contributed by atoms with Crippen LogP contribution in [0.3, 0.4) is 0 Å². The standard InChI is InChI=1S/C17H20ClN3O5/c1-10-12(18)5-3-6-13(10)20-16(24)11(2)26-15(23)7-4-8-21-14(22)9-19-17(21)25/h3,5-6,11H,4,7-9H2,1-2H3,(H,19,25)(H,20,24)/t11-/m1/s1. The molecule has 4 amide bonds. The highest BCUT2D eigenvalue weighted by Gasteiger charge is 2.28. The van der Waals surface area contributed by atoms with Crippen LogP contribution in [0.2, 0.25) is 5.02 Å². The Morgan fingerprint density at radius 3 is 2.77 bits per heavy atom. The first-order valence-electron chi connectivity index (χ1n) is 8.13. The molecule has 26 heavy (non-hydrogen) atoms. The molecular formula is C17H20ClN3O5. The van der Waals surface area contributed by atoms with Crippen molar-refractivity contribution in [3.63, 3.8) is 0 Å². The van der Waals surface area contributed by atoms with Gasteiger partial charge in [-0.3, -0.25) is 19.3 Å². The predicted octanol–water partition coefficient (Wildman–Crippen LogP) is 1.85. The molecule has 1 atom stereocenters. The molecule has 9 heteroatoms. The maximum atomic E-state index is 12.1. The van der Waals surface area contributed by atoms with Gasteiger partial charge in [-0.15, -0.1) is 0 Å². The van der Waals surface area contributed by atoms with Crippen molar-refractivity contribution < 1.29 is 23.9 Å². The predicted molar refractivity (Wildman–Crippen MR) is 94.7 cm³/mol. The van der Waals surface area contributed by atoms with Crippen LogP contribution in [0.5, 0.6) is 0 Å². The number of hydrogen-bond donors (Lipinski definition) is 2. The Balaban J connectivity index is 1.77. The van der Waals surface area contributed by atoms with Crippen LogP contribution in [0.15, 0.2) is 18.2 Å². The molecule has 2 rings (SSSR count). The summed E-state index contributed by atoms with van der Waals surface area (Å²) in [6.07, 6.45) is -0.734. The van der Waals surface area contributed by atoms with Gasteiger partial charge in [0.1, 0.15) is 0 Å². The van der Waals surface area contributed by atoms with Gasteiger partial charge in [-0.05, 0) is 38.0 Å². The molecule has 0 aromatic heterocycles. The van der Waals surface area contributed by atoms with Gasteiger partial charge in [0.05, 0.1) is 6.54 Å². The van der Waals surface area contributed by atoms with Gasteiger partial charge in [-0.2, -0.15) is 0 Å². The van der Waals surface area contributed by atoms with Crippen molar-refractivity contribution in [2.75, 3.05) is 18.4 Å². The number of esters is 1. The Kier molecular flexibility index (Phi) is 6.57. The fourth-order valence-electron chi connectivity index (χ4n) is 2.35. The molecule has 140 valence electrons. The second-order valence-electron chi connectivity index (χ2n) is 5.84. The monoisotopic (exact) mass is 381 g/mol. The molecule has 8 nitrogen and oxygen atoms in total. The Morgan fingerprint density at radius 2 is 2.12 bits per heavy atom. The van der Waals surface area contributed by atoms with Gasteiger partial charge < -0.3 is 15.4 Å². The number of hydrogen-bond acceptors (Lipinski definition) is 5. The fourth-order valence-corrected chi connectivity index (χ4v) is 2.52. The number of ether oxygens (including phenoxy) is 1. The maximum Gasteiger partial charge on any atom is 0.324 e. The number of carbonyl (C=O) groups is 4. The van der Waals surface area contributed by atoms with E-state index in [1.807, 2.05) is 0 Å². The Labute approximate surface area is 155 Å². The normalized spacial score (nSPS) is 14.8. The average Bonchev–Trinajstić information content (AvgIpc) is 2.90. The minimum absolute atomic E-state index is 0.00905. The van der Waals surface area contributed by atoms with Crippen LogP contribution in [0.25, 0.3) is 0 Å². The lowest BCUT2D eigenvalue weighted by atomic mass is 10.2. The summed E-state index contributed by atoms with van der Waals surface area (Å²) in [4.78, 5) is 47.8. The number of carbonyl (C=O) groups excluding carboxylic acids is 4. The first-order chi connectivity index (χ1) is 12.3. The summed E-state index contributed by atoms with van der Waals surface area (Å²) >= 11 is 6.00. The van der Waals surface area contributed by atoms with Gasteiger partial charge in [-0.25, -0.2) is 4.79 Å². The molecule has 0 radical (unpaired) electrons. The molecule has 2 N–H and O–H groups in total. The van der Waals surface area contributed by atoms with Crippen molar-refractivity contribution in [1.82, 2.24) is 10.2 Å². The fraction of sp³-hybridized carbons (Fsp3) is 0.412. The first kappa shape index (κ1) is 19.7. The highest BCUT2D eigenvalue weighted by Crippen LogP contribution is 2.23. The van der Waals surface area contributed by atoms with Crippen molar-refractivity contribution in [2.45, 2.75) is 32.8 Å². The molecule has 1 aliphatic heterocycles. The van der Waals surface area contributed by atoms with E-state index < -0.39 is 24.0 Å². The Morgan fingerprint density at radius 1 is 1.38 bits per heavy atom. The van der Waals surface area contributed by atoms with Crippen molar-refractivity contribution in [3.8, 4) is 0 Å². The molecule has 0 bridgehead atoms. The Hall–Kier alpha value is -2.61. The van der Waals surface area contributed by atoms with Crippen molar-refractivity contribution in [2.24, 2.45) is 0 Å². The molecule has 1 fully saturated rings. The third kappa shape index (κ3) is 4.95. The van der Waals surface area contributed by atoms with Gasteiger partial charge in [0, 0.05) is 23.7 Å². The number of halogens is 1. The molecule has 1 heterocycles. The molecular weight excluding hydrogens is 362 g/mol. The number of rotatable bonds is 7. The molecule has 1 saturated heterocycles. The van der Waals surface area contributed by atoms with Crippen LogP contribution < -0.4 is 10.6 Å². The molecule has 0 saturated carbocycles. The zero-order chi connectivity index (χ0) is 19.3. The third-order valence-electron chi connectivity index (χ3n) is 3.90. The number of benzene rings is 1. The number of imide groups is 1. The van der Waals surface area contributed by atoms with E-state index in [-0.39, 0.29) is 31.8 Å². The number of nitrogens with one attached hydrogen (secondary N) is 2. The van der Waals surface area contributed by atoms with Crippen molar-refractivity contribution in [3.05, 3.63) is 28.8 Å². The van der Waals surface area contributed by atoms with E-state index in [1.54, 1.807) is 25.1 Å². The first-order valence-corrected chi connectivity index (χ1v) is 8.51. The van der Waals surface area contributed by atoms with Crippen molar-refractivity contribution in [1.29, 1.82) is 0 Å². The summed E-state index contributed by atoms with van der Waals surface area (Å²) in [5.41, 5.74) is 1.26. The molecule has 0 aliphatic carbocycles. The van der Waals surface area contributed by atoms with E-state index in [0.29, 0.717) is 10.7 Å². The lowest BCUT2D eigenvalue weighted by Crippen LogP contribution is -2.33. The van der Waals surface area contributed by atoms with Crippen LogP contribution >= 0.6 is 11.6 Å². The lowest BCUT2D eigenvalue weighted by Gasteiger charge is -2.16. The van der Waals surface area contributed by atoms with E-state index in [9.17, 15) is 19.2 Å². The summed E-state index contributed by atoms with van der Waals surface area (Å²) in [5.74, 6) is -1.38. The number of anilines is 1. The van der Waals surface area contributed by atoms with E-state index in [0.717, 1.165) is 10.5 Å². The van der Waals surface area contributed by atoms with Crippen LogP contribution in [0.1, 0.15) is 25.3 Å². The van der Waals surface area contributed by atoms with Gasteiger partial charge in [0.25, 0.3) is 5.91 Å². The highest BCUT2D eigenvalue weighted by molar-refractivity contribution is 6.31. The quantitative estimate of drug-likeness (QED) is 0.554. The van der Waals surface area contributed by atoms with Gasteiger partial charge in [0.2, 0.25) is 5.91 Å². The molecule has 1 aromatic rings. The summed E-state index contributed by atoms with van der Waals surface area (Å²) in [5, 5.41) is 5.58. The van der Waals surface area contributed by atoms with Gasteiger partial charge >= 0.3 is 12.0 Å². The molecule has 0 spiro atoms. The van der Waals surface area contributed by atoms with Crippen LogP contribution in [0, 0.1) is 6.92 Å². The zero-order valence-corrected chi connectivity index (χ0v) is 15.3. The SMILES string of the molecule is Cc1c(Cl)cccc1NC(=O)[C@@H](C)OC(=O)CCCN1C(=O)CNC1=O. The van der Waals surface area contributed by atoms with E-state index >= 15 is 0 Å². The number of nitrogens with zero attached hydrogens (tertiary/aromatic N) is 1. The van der Waals surface area contributed by atoms with Crippen LogP contribution in [-0.2, 0) is 19.1 Å². The number of amides is 4. The van der Waals surface area contributed by atoms with Crippen LogP contribution in [0.4, 0.5) is 10.5 Å². The maximum absolute atomic E-state index is 12.1.